The minimum atomic E-state index is -1.09. The Kier molecular flexibility index (Phi) is 5.53. The lowest BCUT2D eigenvalue weighted by molar-refractivity contribution is -0.133. The molecule has 0 aliphatic carbocycles. The minimum Gasteiger partial charge on any atom is -0.319 e. The minimum absolute atomic E-state index is 0.00889. The Hall–Kier alpha value is -2.67. The number of thiophene rings is 1. The number of hydrogen-bond donors (Lipinski definition) is 1. The average molecular weight is 466 g/mol. The zero-order chi connectivity index (χ0) is 22.3. The second-order valence-corrected chi connectivity index (χ2v) is 9.69. The van der Waals surface area contributed by atoms with Crippen molar-refractivity contribution in [2.24, 2.45) is 0 Å². The van der Waals surface area contributed by atoms with Gasteiger partial charge in [0.2, 0.25) is 0 Å². The van der Waals surface area contributed by atoms with Gasteiger partial charge in [-0.3, -0.25) is 9.69 Å². The molecular weight excluding hydrogens is 442 g/mol. The number of amides is 3. The van der Waals surface area contributed by atoms with E-state index in [-0.39, 0.29) is 24.6 Å². The van der Waals surface area contributed by atoms with Gasteiger partial charge in [-0.25, -0.2) is 9.69 Å². The lowest BCUT2D eigenvalue weighted by atomic mass is 9.87. The number of rotatable bonds is 5. The first kappa shape index (κ1) is 21.2. The van der Waals surface area contributed by atoms with Gasteiger partial charge in [-0.05, 0) is 53.1 Å². The largest absolute Gasteiger partial charge is 0.326 e. The molecule has 32 heavy (non-hydrogen) atoms. The molecule has 2 aromatic carbocycles. The molecule has 5 rings (SSSR count). The van der Waals surface area contributed by atoms with Crippen molar-refractivity contribution in [3.05, 3.63) is 92.6 Å². The van der Waals surface area contributed by atoms with Crippen molar-refractivity contribution in [1.82, 2.24) is 15.1 Å². The molecular formula is C25H24ClN3O2S. The van der Waals surface area contributed by atoms with E-state index in [1.807, 2.05) is 37.3 Å². The fourth-order valence-corrected chi connectivity index (χ4v) is 5.97. The van der Waals surface area contributed by atoms with Crippen LogP contribution in [0.3, 0.4) is 0 Å². The molecule has 0 radical (unpaired) electrons. The summed E-state index contributed by atoms with van der Waals surface area (Å²) in [6.45, 7) is 2.93. The summed E-state index contributed by atoms with van der Waals surface area (Å²) in [5.41, 5.74) is 2.05. The topological polar surface area (TPSA) is 52.7 Å². The van der Waals surface area contributed by atoms with Gasteiger partial charge in [-0.15, -0.1) is 11.3 Å². The van der Waals surface area contributed by atoms with Crippen molar-refractivity contribution in [3.63, 3.8) is 0 Å². The van der Waals surface area contributed by atoms with Crippen LogP contribution in [0.2, 0.25) is 5.02 Å². The van der Waals surface area contributed by atoms with Crippen LogP contribution in [0.1, 0.15) is 41.0 Å². The Morgan fingerprint density at radius 1 is 1.12 bits per heavy atom. The third-order valence-corrected chi connectivity index (χ3v) is 7.76. The predicted octanol–water partition coefficient (Wildman–Crippen LogP) is 5.16. The number of imide groups is 1. The second kappa shape index (κ2) is 8.35. The average Bonchev–Trinajstić information content (AvgIpc) is 3.38. The standard InChI is InChI=1S/C25H24ClN3O2S/c1-2-25(18-9-6-10-19(26)15-18)23(30)29(24(31)27-25)16-28-13-11-21-20(12-14-32-21)22(28)17-7-4-3-5-8-17/h3-10,12,14-15,22H,2,11,13,16H2,1H3,(H,27,31)/t22-,25+/m0/s1. The molecule has 1 fully saturated rings. The van der Waals surface area contributed by atoms with Gasteiger partial charge >= 0.3 is 6.03 Å². The normalized spacial score (nSPS) is 23.3. The Labute approximate surface area is 196 Å². The summed E-state index contributed by atoms with van der Waals surface area (Å²) in [6.07, 6.45) is 1.36. The molecule has 2 aliphatic heterocycles. The van der Waals surface area contributed by atoms with Crippen molar-refractivity contribution >= 4 is 34.9 Å². The lowest BCUT2D eigenvalue weighted by Gasteiger charge is -2.38. The summed E-state index contributed by atoms with van der Waals surface area (Å²) in [6, 6.07) is 19.3. The molecule has 1 N–H and O–H groups in total. The van der Waals surface area contributed by atoms with E-state index in [1.165, 1.54) is 15.3 Å². The maximum atomic E-state index is 13.7. The number of carbonyl (C=O) groups is 2. The van der Waals surface area contributed by atoms with E-state index >= 15 is 0 Å². The molecule has 0 bridgehead atoms. The Morgan fingerprint density at radius 2 is 1.94 bits per heavy atom. The molecule has 0 unspecified atom stereocenters. The van der Waals surface area contributed by atoms with E-state index in [0.717, 1.165) is 18.5 Å². The van der Waals surface area contributed by atoms with Crippen LogP contribution in [0.4, 0.5) is 4.79 Å². The Bertz CT molecular complexity index is 1160. The van der Waals surface area contributed by atoms with Gasteiger partial charge in [0.1, 0.15) is 5.54 Å². The van der Waals surface area contributed by atoms with Gasteiger partial charge in [-0.2, -0.15) is 0 Å². The molecule has 2 atom stereocenters. The van der Waals surface area contributed by atoms with Crippen molar-refractivity contribution < 1.29 is 9.59 Å². The molecule has 7 heteroatoms. The molecule has 3 amide bonds. The van der Waals surface area contributed by atoms with E-state index in [4.69, 9.17) is 11.6 Å². The highest BCUT2D eigenvalue weighted by Gasteiger charge is 2.52. The fourth-order valence-electron chi connectivity index (χ4n) is 4.88. The van der Waals surface area contributed by atoms with Gasteiger partial charge < -0.3 is 5.32 Å². The van der Waals surface area contributed by atoms with Crippen LogP contribution in [0.5, 0.6) is 0 Å². The van der Waals surface area contributed by atoms with Crippen LogP contribution in [-0.2, 0) is 16.8 Å². The first-order chi connectivity index (χ1) is 15.5. The summed E-state index contributed by atoms with van der Waals surface area (Å²) in [7, 11) is 0. The molecule has 0 saturated carbocycles. The Morgan fingerprint density at radius 3 is 2.69 bits per heavy atom. The number of halogens is 1. The van der Waals surface area contributed by atoms with Crippen molar-refractivity contribution in [3.8, 4) is 0 Å². The van der Waals surface area contributed by atoms with Gasteiger partial charge in [-0.1, -0.05) is 61.0 Å². The zero-order valence-electron chi connectivity index (χ0n) is 17.8. The number of carbonyl (C=O) groups excluding carboxylic acids is 2. The fraction of sp³-hybridized carbons (Fsp3) is 0.280. The van der Waals surface area contributed by atoms with Crippen LogP contribution < -0.4 is 5.32 Å². The smallest absolute Gasteiger partial charge is 0.319 e. The summed E-state index contributed by atoms with van der Waals surface area (Å²) < 4.78 is 0. The summed E-state index contributed by atoms with van der Waals surface area (Å²) in [4.78, 5) is 31.7. The highest BCUT2D eigenvalue weighted by Crippen LogP contribution is 2.39. The third kappa shape index (κ3) is 3.43. The van der Waals surface area contributed by atoms with Gasteiger partial charge in [0.15, 0.2) is 0 Å². The van der Waals surface area contributed by atoms with Crippen LogP contribution in [0, 0.1) is 0 Å². The van der Waals surface area contributed by atoms with Crippen molar-refractivity contribution in [2.45, 2.75) is 31.3 Å². The summed E-state index contributed by atoms with van der Waals surface area (Å²) in [5.74, 6) is -0.227. The monoisotopic (exact) mass is 465 g/mol. The number of fused-ring (bicyclic) bond motifs is 1. The molecule has 164 valence electrons. The van der Waals surface area contributed by atoms with E-state index in [9.17, 15) is 9.59 Å². The SMILES string of the molecule is CC[C@]1(c2cccc(Cl)c2)NC(=O)N(CN2CCc3sccc3[C@@H]2c2ccccc2)C1=O. The third-order valence-electron chi connectivity index (χ3n) is 6.53. The molecule has 3 heterocycles. The number of nitrogens with zero attached hydrogens (tertiary/aromatic N) is 2. The van der Waals surface area contributed by atoms with Crippen LogP contribution in [-0.4, -0.2) is 35.0 Å². The summed E-state index contributed by atoms with van der Waals surface area (Å²) in [5, 5.41) is 5.64. The van der Waals surface area contributed by atoms with Gasteiger partial charge in [0, 0.05) is 16.4 Å². The van der Waals surface area contributed by atoms with Crippen LogP contribution >= 0.6 is 22.9 Å². The van der Waals surface area contributed by atoms with Gasteiger partial charge in [0.05, 0.1) is 12.7 Å². The zero-order valence-corrected chi connectivity index (χ0v) is 19.3. The second-order valence-electron chi connectivity index (χ2n) is 8.25. The number of nitrogens with one attached hydrogen (secondary N) is 1. The maximum Gasteiger partial charge on any atom is 0.326 e. The molecule has 1 saturated heterocycles. The van der Waals surface area contributed by atoms with Crippen LogP contribution in [0.15, 0.2) is 66.0 Å². The number of hydrogen-bond acceptors (Lipinski definition) is 4. The molecule has 5 nitrogen and oxygen atoms in total. The molecule has 3 aromatic rings. The number of urea groups is 1. The van der Waals surface area contributed by atoms with E-state index < -0.39 is 5.54 Å². The first-order valence-corrected chi connectivity index (χ1v) is 12.0. The molecule has 1 aromatic heterocycles. The molecule has 0 spiro atoms. The van der Waals surface area contributed by atoms with Gasteiger partial charge in [0.25, 0.3) is 5.91 Å². The van der Waals surface area contributed by atoms with E-state index in [0.29, 0.717) is 17.0 Å². The summed E-state index contributed by atoms with van der Waals surface area (Å²) >= 11 is 7.97. The molecule has 2 aliphatic rings. The van der Waals surface area contributed by atoms with Crippen molar-refractivity contribution in [1.29, 1.82) is 0 Å². The highest BCUT2D eigenvalue weighted by atomic mass is 35.5. The Balaban J connectivity index is 1.48. The lowest BCUT2D eigenvalue weighted by Crippen LogP contribution is -2.47. The highest BCUT2D eigenvalue weighted by molar-refractivity contribution is 7.10. The maximum absolute atomic E-state index is 13.7. The van der Waals surface area contributed by atoms with Crippen molar-refractivity contribution in [2.75, 3.05) is 13.2 Å². The van der Waals surface area contributed by atoms with E-state index in [1.54, 1.807) is 23.5 Å². The van der Waals surface area contributed by atoms with E-state index in [2.05, 4.69) is 33.8 Å². The predicted molar refractivity (Wildman–Crippen MR) is 127 cm³/mol. The number of benzene rings is 2. The quantitative estimate of drug-likeness (QED) is 0.529. The first-order valence-electron chi connectivity index (χ1n) is 10.8. The van der Waals surface area contributed by atoms with Crippen LogP contribution in [0.25, 0.3) is 0 Å².